The Morgan fingerprint density at radius 1 is 1.33 bits per heavy atom. The van der Waals surface area contributed by atoms with E-state index in [0.717, 1.165) is 12.1 Å². The maximum Gasteiger partial charge on any atom is 0.252 e. The fraction of sp³-hybridized carbons (Fsp3) is 0.125. The van der Waals surface area contributed by atoms with Gasteiger partial charge in [-0.1, -0.05) is 0 Å². The molecular formula is C8H7F2NO. The monoisotopic (exact) mass is 171 g/mol. The summed E-state index contributed by atoms with van der Waals surface area (Å²) in [5.74, 6) is -2.38. The Kier molecular flexibility index (Phi) is 2.08. The van der Waals surface area contributed by atoms with Gasteiger partial charge in [0.25, 0.3) is 5.91 Å². The topological polar surface area (TPSA) is 43.1 Å². The Bertz CT molecular complexity index is 336. The SMILES string of the molecule is Cc1c(F)ccc(F)c1C(N)=O. The molecule has 0 fully saturated rings. The molecule has 0 aliphatic carbocycles. The van der Waals surface area contributed by atoms with Crippen LogP contribution in [-0.2, 0) is 0 Å². The van der Waals surface area contributed by atoms with Crippen LogP contribution in [-0.4, -0.2) is 5.91 Å². The predicted octanol–water partition coefficient (Wildman–Crippen LogP) is 1.37. The lowest BCUT2D eigenvalue weighted by Crippen LogP contribution is -2.15. The summed E-state index contributed by atoms with van der Waals surface area (Å²) in [6.45, 7) is 1.30. The van der Waals surface area contributed by atoms with Crippen molar-refractivity contribution in [1.29, 1.82) is 0 Å². The maximum atomic E-state index is 12.8. The standard InChI is InChI=1S/C8H7F2NO/c1-4-5(9)2-3-6(10)7(4)8(11)12/h2-3H,1H3,(H2,11,12). The molecule has 0 atom stereocenters. The molecule has 1 aromatic rings. The second kappa shape index (κ2) is 2.89. The van der Waals surface area contributed by atoms with E-state index in [9.17, 15) is 13.6 Å². The first-order valence-corrected chi connectivity index (χ1v) is 3.28. The van der Waals surface area contributed by atoms with Crippen molar-refractivity contribution in [3.05, 3.63) is 34.9 Å². The summed E-state index contributed by atoms with van der Waals surface area (Å²) in [6, 6.07) is 1.83. The molecule has 1 amide bonds. The lowest BCUT2D eigenvalue weighted by atomic mass is 10.1. The van der Waals surface area contributed by atoms with Gasteiger partial charge in [0, 0.05) is 5.56 Å². The first kappa shape index (κ1) is 8.64. The highest BCUT2D eigenvalue weighted by molar-refractivity contribution is 5.94. The molecule has 0 bridgehead atoms. The minimum Gasteiger partial charge on any atom is -0.365 e. The van der Waals surface area contributed by atoms with Crippen molar-refractivity contribution in [2.75, 3.05) is 0 Å². The van der Waals surface area contributed by atoms with Crippen LogP contribution in [0.2, 0.25) is 0 Å². The van der Waals surface area contributed by atoms with Crippen molar-refractivity contribution in [1.82, 2.24) is 0 Å². The number of carbonyl (C=O) groups is 1. The van der Waals surface area contributed by atoms with E-state index in [0.29, 0.717) is 0 Å². The molecule has 2 N–H and O–H groups in total. The maximum absolute atomic E-state index is 12.8. The third kappa shape index (κ3) is 1.28. The van der Waals surface area contributed by atoms with Crippen molar-refractivity contribution >= 4 is 5.91 Å². The highest BCUT2D eigenvalue weighted by Crippen LogP contribution is 2.15. The average Bonchev–Trinajstić information content (AvgIpc) is 1.97. The molecule has 0 radical (unpaired) electrons. The molecule has 0 saturated carbocycles. The Morgan fingerprint density at radius 2 is 1.83 bits per heavy atom. The first-order chi connectivity index (χ1) is 5.54. The highest BCUT2D eigenvalue weighted by Gasteiger charge is 2.14. The van der Waals surface area contributed by atoms with Crippen LogP contribution in [0.5, 0.6) is 0 Å². The molecule has 0 heterocycles. The number of rotatable bonds is 1. The van der Waals surface area contributed by atoms with E-state index >= 15 is 0 Å². The Labute approximate surface area is 68.0 Å². The van der Waals surface area contributed by atoms with Crippen LogP contribution in [0.3, 0.4) is 0 Å². The number of benzene rings is 1. The number of nitrogens with two attached hydrogens (primary N) is 1. The van der Waals surface area contributed by atoms with Crippen molar-refractivity contribution in [2.24, 2.45) is 5.73 Å². The zero-order valence-corrected chi connectivity index (χ0v) is 6.40. The predicted molar refractivity (Wildman–Crippen MR) is 39.6 cm³/mol. The van der Waals surface area contributed by atoms with Crippen LogP contribution in [0.25, 0.3) is 0 Å². The zero-order valence-electron chi connectivity index (χ0n) is 6.40. The molecule has 12 heavy (non-hydrogen) atoms. The number of carbonyl (C=O) groups excluding carboxylic acids is 1. The van der Waals surface area contributed by atoms with Gasteiger partial charge in [-0.15, -0.1) is 0 Å². The largest absolute Gasteiger partial charge is 0.365 e. The minimum absolute atomic E-state index is 0.0532. The van der Waals surface area contributed by atoms with Crippen LogP contribution in [0, 0.1) is 18.6 Å². The molecule has 0 aliphatic rings. The molecular weight excluding hydrogens is 164 g/mol. The molecule has 1 aromatic carbocycles. The molecule has 1 rings (SSSR count). The average molecular weight is 171 g/mol. The number of hydrogen-bond donors (Lipinski definition) is 1. The van der Waals surface area contributed by atoms with Gasteiger partial charge in [0.1, 0.15) is 11.6 Å². The summed E-state index contributed by atoms with van der Waals surface area (Å²) < 4.78 is 25.6. The number of primary amides is 1. The second-order valence-electron chi connectivity index (χ2n) is 2.39. The molecule has 4 heteroatoms. The van der Waals surface area contributed by atoms with E-state index in [2.05, 4.69) is 0 Å². The van der Waals surface area contributed by atoms with E-state index < -0.39 is 17.5 Å². The number of halogens is 2. The third-order valence-electron chi connectivity index (χ3n) is 1.59. The van der Waals surface area contributed by atoms with E-state index in [1.54, 1.807) is 0 Å². The van der Waals surface area contributed by atoms with Crippen LogP contribution in [0.15, 0.2) is 12.1 Å². The number of hydrogen-bond acceptors (Lipinski definition) is 1. The Morgan fingerprint density at radius 3 is 2.25 bits per heavy atom. The minimum atomic E-state index is -0.954. The molecule has 0 aliphatic heterocycles. The van der Waals surface area contributed by atoms with Crippen LogP contribution < -0.4 is 5.73 Å². The molecule has 2 nitrogen and oxygen atoms in total. The van der Waals surface area contributed by atoms with Gasteiger partial charge in [0.05, 0.1) is 5.56 Å². The summed E-state index contributed by atoms with van der Waals surface area (Å²) in [5.41, 5.74) is 4.41. The van der Waals surface area contributed by atoms with Gasteiger partial charge in [0.15, 0.2) is 0 Å². The van der Waals surface area contributed by atoms with Gasteiger partial charge in [-0.3, -0.25) is 4.79 Å². The van der Waals surface area contributed by atoms with Gasteiger partial charge < -0.3 is 5.73 Å². The van der Waals surface area contributed by atoms with Gasteiger partial charge >= 0.3 is 0 Å². The molecule has 0 spiro atoms. The summed E-state index contributed by atoms with van der Waals surface area (Å²) in [6.07, 6.45) is 0. The summed E-state index contributed by atoms with van der Waals surface area (Å²) in [7, 11) is 0. The second-order valence-corrected chi connectivity index (χ2v) is 2.39. The van der Waals surface area contributed by atoms with Crippen molar-refractivity contribution in [3.63, 3.8) is 0 Å². The first-order valence-electron chi connectivity index (χ1n) is 3.28. The quantitative estimate of drug-likeness (QED) is 0.681. The highest BCUT2D eigenvalue weighted by atomic mass is 19.1. The van der Waals surface area contributed by atoms with Gasteiger partial charge in [0.2, 0.25) is 0 Å². The Balaban J connectivity index is 3.43. The van der Waals surface area contributed by atoms with E-state index in [-0.39, 0.29) is 11.1 Å². The van der Waals surface area contributed by atoms with Crippen LogP contribution >= 0.6 is 0 Å². The van der Waals surface area contributed by atoms with Crippen LogP contribution in [0.1, 0.15) is 15.9 Å². The summed E-state index contributed by atoms with van der Waals surface area (Å²) in [5, 5.41) is 0. The summed E-state index contributed by atoms with van der Waals surface area (Å²) >= 11 is 0. The van der Waals surface area contributed by atoms with E-state index in [1.807, 2.05) is 0 Å². The normalized spacial score (nSPS) is 9.92. The van der Waals surface area contributed by atoms with Crippen molar-refractivity contribution in [3.8, 4) is 0 Å². The van der Waals surface area contributed by atoms with Gasteiger partial charge in [-0.25, -0.2) is 8.78 Å². The molecule has 0 aromatic heterocycles. The zero-order chi connectivity index (χ0) is 9.30. The van der Waals surface area contributed by atoms with Gasteiger partial charge in [-0.2, -0.15) is 0 Å². The molecule has 64 valence electrons. The lowest BCUT2D eigenvalue weighted by Gasteiger charge is -2.02. The Hall–Kier alpha value is -1.45. The fourth-order valence-electron chi connectivity index (χ4n) is 0.956. The van der Waals surface area contributed by atoms with E-state index in [4.69, 9.17) is 5.73 Å². The van der Waals surface area contributed by atoms with Crippen LogP contribution in [0.4, 0.5) is 8.78 Å². The van der Waals surface area contributed by atoms with Crippen molar-refractivity contribution in [2.45, 2.75) is 6.92 Å². The molecule has 0 saturated heterocycles. The van der Waals surface area contributed by atoms with E-state index in [1.165, 1.54) is 6.92 Å². The lowest BCUT2D eigenvalue weighted by molar-refractivity contribution is 0.0995. The molecule has 0 unspecified atom stereocenters. The fourth-order valence-corrected chi connectivity index (χ4v) is 0.956. The number of amides is 1. The summed E-state index contributed by atoms with van der Waals surface area (Å²) in [4.78, 5) is 10.6. The third-order valence-corrected chi connectivity index (χ3v) is 1.59. The van der Waals surface area contributed by atoms with Crippen molar-refractivity contribution < 1.29 is 13.6 Å². The van der Waals surface area contributed by atoms with Gasteiger partial charge in [-0.05, 0) is 19.1 Å². The smallest absolute Gasteiger partial charge is 0.252 e.